The number of ether oxygens (including phenoxy) is 3. The highest BCUT2D eigenvalue weighted by Gasteiger charge is 2.64. The van der Waals surface area contributed by atoms with Crippen LogP contribution in [0.25, 0.3) is 0 Å². The van der Waals surface area contributed by atoms with Crippen LogP contribution < -0.4 is 0 Å². The fraction of sp³-hybridized carbons (Fsp3) is 0.565. The maximum atomic E-state index is 13.7. The minimum absolute atomic E-state index is 0.0635. The smallest absolute Gasteiger partial charge is 0.342 e. The fourth-order valence-corrected chi connectivity index (χ4v) is 6.28. The number of carbonyl (C=O) groups excluding carboxylic acids is 4. The van der Waals surface area contributed by atoms with Crippen LogP contribution in [0.3, 0.4) is 0 Å². The minimum atomic E-state index is -0.988. The normalized spacial score (nSPS) is 36.0. The largest absolute Gasteiger partial charge is 0.460 e. The molecule has 8 heteroatoms. The van der Waals surface area contributed by atoms with Crippen LogP contribution in [0.1, 0.15) is 66.5 Å². The van der Waals surface area contributed by atoms with Crippen molar-refractivity contribution in [1.82, 2.24) is 0 Å². The van der Waals surface area contributed by atoms with E-state index in [1.807, 2.05) is 13.8 Å². The Morgan fingerprint density at radius 2 is 2.00 bits per heavy atom. The monoisotopic (exact) mass is 428 g/mol. The molecule has 0 amide bonds. The van der Waals surface area contributed by atoms with Gasteiger partial charge in [-0.1, -0.05) is 6.92 Å². The van der Waals surface area contributed by atoms with E-state index in [0.29, 0.717) is 29.6 Å². The van der Waals surface area contributed by atoms with Crippen LogP contribution in [0, 0.1) is 11.3 Å². The molecule has 4 aliphatic rings. The number of Topliss-reactive ketones (excluding diaryl/α,β-unsaturated/α-hetero) is 2. The second kappa shape index (κ2) is 6.38. The Labute approximate surface area is 178 Å². The van der Waals surface area contributed by atoms with Gasteiger partial charge in [-0.15, -0.1) is 0 Å². The standard InChI is InChI=1S/C23H24O8/c1-10(24)30-13-7-22(2)12(5-6-14(22)25)16-18(13)23(3)15(9-28-4)31-21(27)11-8-29-20(17(11)23)19(16)26/h8,12-13,15H,5-7,9H2,1-4H3/t12-,13+,15+,22-,23-/m1/s1. The van der Waals surface area contributed by atoms with Crippen LogP contribution in [0.4, 0.5) is 0 Å². The average molecular weight is 428 g/mol. The van der Waals surface area contributed by atoms with Gasteiger partial charge in [0.1, 0.15) is 29.8 Å². The van der Waals surface area contributed by atoms with Crippen LogP contribution in [-0.4, -0.2) is 49.4 Å². The molecule has 0 unspecified atom stereocenters. The SMILES string of the molecule is COC[C@@H]1OC(=O)c2coc3c2[C@]1(C)C1=C(C3=O)[C@H]2CCC(=O)[C@]2(C)C[C@@H]1OC(C)=O. The Balaban J connectivity index is 1.82. The molecular formula is C23H24O8. The highest BCUT2D eigenvalue weighted by molar-refractivity contribution is 6.14. The van der Waals surface area contributed by atoms with Gasteiger partial charge in [0.05, 0.1) is 12.0 Å². The van der Waals surface area contributed by atoms with Crippen LogP contribution in [-0.2, 0) is 29.2 Å². The molecule has 0 bridgehead atoms. The molecule has 0 N–H and O–H groups in total. The zero-order valence-corrected chi connectivity index (χ0v) is 17.9. The number of hydrogen-bond donors (Lipinski definition) is 0. The van der Waals surface area contributed by atoms with Crippen molar-refractivity contribution in [3.8, 4) is 0 Å². The van der Waals surface area contributed by atoms with Crippen molar-refractivity contribution in [3.63, 3.8) is 0 Å². The quantitative estimate of drug-likeness (QED) is 0.676. The van der Waals surface area contributed by atoms with E-state index in [-0.39, 0.29) is 41.8 Å². The molecule has 8 nitrogen and oxygen atoms in total. The first kappa shape index (κ1) is 20.2. The van der Waals surface area contributed by atoms with Crippen molar-refractivity contribution in [1.29, 1.82) is 0 Å². The highest BCUT2D eigenvalue weighted by atomic mass is 16.6. The van der Waals surface area contributed by atoms with Crippen LogP contribution in [0.2, 0.25) is 0 Å². The first-order valence-corrected chi connectivity index (χ1v) is 10.5. The molecule has 5 atom stereocenters. The summed E-state index contributed by atoms with van der Waals surface area (Å²) in [6.07, 6.45) is 0.906. The lowest BCUT2D eigenvalue weighted by Gasteiger charge is -2.51. The molecule has 0 saturated heterocycles. The lowest BCUT2D eigenvalue weighted by Crippen LogP contribution is -2.57. The number of ketones is 2. The number of fused-ring (bicyclic) bond motifs is 3. The van der Waals surface area contributed by atoms with E-state index in [4.69, 9.17) is 18.6 Å². The third-order valence-electron chi connectivity index (χ3n) is 7.70. The molecule has 0 radical (unpaired) electrons. The molecule has 1 aliphatic heterocycles. The molecule has 1 fully saturated rings. The van der Waals surface area contributed by atoms with Gasteiger partial charge in [-0.3, -0.25) is 14.4 Å². The summed E-state index contributed by atoms with van der Waals surface area (Å²) >= 11 is 0. The third kappa shape index (κ3) is 2.39. The summed E-state index contributed by atoms with van der Waals surface area (Å²) in [6.45, 7) is 5.11. The predicted molar refractivity (Wildman–Crippen MR) is 105 cm³/mol. The molecule has 0 aromatic carbocycles. The van der Waals surface area contributed by atoms with Crippen LogP contribution >= 0.6 is 0 Å². The van der Waals surface area contributed by atoms with Gasteiger partial charge in [0.25, 0.3) is 0 Å². The number of esters is 2. The second-order valence-electron chi connectivity index (χ2n) is 9.30. The molecule has 2 heterocycles. The molecule has 1 aromatic heterocycles. The number of furan rings is 1. The lowest BCUT2D eigenvalue weighted by molar-refractivity contribution is -0.149. The van der Waals surface area contributed by atoms with Gasteiger partial charge in [-0.05, 0) is 18.9 Å². The number of rotatable bonds is 3. The predicted octanol–water partition coefficient (Wildman–Crippen LogP) is 2.54. The van der Waals surface area contributed by atoms with Gasteiger partial charge in [-0.25, -0.2) is 4.79 Å². The number of methoxy groups -OCH3 is 1. The van der Waals surface area contributed by atoms with Gasteiger partial charge < -0.3 is 18.6 Å². The van der Waals surface area contributed by atoms with Crippen molar-refractivity contribution < 1.29 is 37.8 Å². The van der Waals surface area contributed by atoms with Crippen LogP contribution in [0.15, 0.2) is 21.8 Å². The summed E-state index contributed by atoms with van der Waals surface area (Å²) in [7, 11) is 1.50. The fourth-order valence-electron chi connectivity index (χ4n) is 6.28. The summed E-state index contributed by atoms with van der Waals surface area (Å²) in [5.41, 5.74) is -0.0741. The lowest BCUT2D eigenvalue weighted by atomic mass is 9.54. The summed E-state index contributed by atoms with van der Waals surface area (Å²) in [5.74, 6) is -1.58. The molecule has 164 valence electrons. The Morgan fingerprint density at radius 1 is 1.26 bits per heavy atom. The highest BCUT2D eigenvalue weighted by Crippen LogP contribution is 2.61. The summed E-state index contributed by atoms with van der Waals surface area (Å²) < 4.78 is 22.4. The number of cyclic esters (lactones) is 1. The third-order valence-corrected chi connectivity index (χ3v) is 7.70. The average Bonchev–Trinajstić information content (AvgIpc) is 3.27. The van der Waals surface area contributed by atoms with E-state index in [1.165, 1.54) is 20.3 Å². The van der Waals surface area contributed by atoms with E-state index in [2.05, 4.69) is 0 Å². The zero-order chi connectivity index (χ0) is 22.3. The zero-order valence-electron chi connectivity index (χ0n) is 17.9. The Bertz CT molecular complexity index is 1080. The first-order valence-electron chi connectivity index (χ1n) is 10.5. The number of hydrogen-bond acceptors (Lipinski definition) is 8. The van der Waals surface area contributed by atoms with Crippen molar-refractivity contribution in [2.24, 2.45) is 11.3 Å². The van der Waals surface area contributed by atoms with Gasteiger partial charge in [0.2, 0.25) is 5.78 Å². The van der Waals surface area contributed by atoms with Crippen molar-refractivity contribution in [2.45, 2.75) is 57.7 Å². The molecule has 31 heavy (non-hydrogen) atoms. The molecular weight excluding hydrogens is 404 g/mol. The van der Waals surface area contributed by atoms with E-state index >= 15 is 0 Å². The Kier molecular flexibility index (Phi) is 4.16. The van der Waals surface area contributed by atoms with Crippen molar-refractivity contribution >= 4 is 23.5 Å². The molecule has 1 aromatic rings. The number of allylic oxidation sites excluding steroid dienone is 1. The number of carbonyl (C=O) groups is 4. The van der Waals surface area contributed by atoms with Gasteiger partial charge in [0.15, 0.2) is 5.76 Å². The minimum Gasteiger partial charge on any atom is -0.460 e. The van der Waals surface area contributed by atoms with E-state index < -0.39 is 35.0 Å². The Morgan fingerprint density at radius 3 is 2.68 bits per heavy atom. The van der Waals surface area contributed by atoms with E-state index in [0.717, 1.165) is 0 Å². The van der Waals surface area contributed by atoms with E-state index in [9.17, 15) is 19.2 Å². The maximum absolute atomic E-state index is 13.7. The molecule has 3 aliphatic carbocycles. The summed E-state index contributed by atoms with van der Waals surface area (Å²) in [6, 6.07) is 0. The van der Waals surface area contributed by atoms with Gasteiger partial charge >= 0.3 is 11.9 Å². The van der Waals surface area contributed by atoms with E-state index in [1.54, 1.807) is 0 Å². The van der Waals surface area contributed by atoms with Crippen molar-refractivity contribution in [3.05, 3.63) is 34.3 Å². The molecule has 1 saturated carbocycles. The first-order chi connectivity index (χ1) is 14.6. The summed E-state index contributed by atoms with van der Waals surface area (Å²) in [4.78, 5) is 51.2. The van der Waals surface area contributed by atoms with Gasteiger partial charge in [0, 0.05) is 49.3 Å². The molecule has 5 rings (SSSR count). The Hall–Kier alpha value is -2.74. The second-order valence-corrected chi connectivity index (χ2v) is 9.30. The maximum Gasteiger partial charge on any atom is 0.342 e. The van der Waals surface area contributed by atoms with Crippen LogP contribution in [0.5, 0.6) is 0 Å². The summed E-state index contributed by atoms with van der Waals surface area (Å²) in [5, 5.41) is 0. The van der Waals surface area contributed by atoms with Gasteiger partial charge in [-0.2, -0.15) is 0 Å². The van der Waals surface area contributed by atoms with Crippen molar-refractivity contribution in [2.75, 3.05) is 13.7 Å². The topological polar surface area (TPSA) is 109 Å². The molecule has 0 spiro atoms.